The SMILES string of the molecule is CN(C)CCOCC12CCCOC1CCN(C(=O)c1ccco1)C2. The number of furan rings is 1. The lowest BCUT2D eigenvalue weighted by molar-refractivity contribution is -0.147. The maximum atomic E-state index is 12.6. The molecular weight excluding hydrogens is 308 g/mol. The summed E-state index contributed by atoms with van der Waals surface area (Å²) in [5, 5.41) is 0. The topological polar surface area (TPSA) is 55.2 Å². The first kappa shape index (κ1) is 17.5. The fourth-order valence-corrected chi connectivity index (χ4v) is 3.75. The van der Waals surface area contributed by atoms with Gasteiger partial charge in [0.1, 0.15) is 0 Å². The second-order valence-electron chi connectivity index (χ2n) is 7.17. The molecule has 0 spiro atoms. The molecule has 3 rings (SSSR count). The Hall–Kier alpha value is -1.37. The van der Waals surface area contributed by atoms with E-state index in [4.69, 9.17) is 13.9 Å². The average molecular weight is 336 g/mol. The molecule has 1 aromatic heterocycles. The molecule has 0 radical (unpaired) electrons. The first-order valence-electron chi connectivity index (χ1n) is 8.78. The van der Waals surface area contributed by atoms with Gasteiger partial charge in [0, 0.05) is 31.7 Å². The Morgan fingerprint density at radius 3 is 3.12 bits per heavy atom. The minimum atomic E-state index is -0.0922. The highest BCUT2D eigenvalue weighted by Gasteiger charge is 2.47. The fraction of sp³-hybridized carbons (Fsp3) is 0.722. The van der Waals surface area contributed by atoms with Crippen LogP contribution >= 0.6 is 0 Å². The molecule has 2 saturated heterocycles. The zero-order valence-electron chi connectivity index (χ0n) is 14.7. The Balaban J connectivity index is 1.66. The minimum Gasteiger partial charge on any atom is -0.459 e. The van der Waals surface area contributed by atoms with Crippen molar-refractivity contribution in [1.29, 1.82) is 0 Å². The number of nitrogens with zero attached hydrogens (tertiary/aromatic N) is 2. The van der Waals surface area contributed by atoms with Gasteiger partial charge in [-0.3, -0.25) is 4.79 Å². The van der Waals surface area contributed by atoms with E-state index in [9.17, 15) is 4.79 Å². The van der Waals surface area contributed by atoms with Crippen molar-refractivity contribution in [2.45, 2.75) is 25.4 Å². The number of likely N-dealkylation sites (tertiary alicyclic amines) is 1. The van der Waals surface area contributed by atoms with Crippen LogP contribution in [0, 0.1) is 5.41 Å². The molecule has 6 heteroatoms. The van der Waals surface area contributed by atoms with Gasteiger partial charge in [0.15, 0.2) is 5.76 Å². The van der Waals surface area contributed by atoms with Crippen molar-refractivity contribution in [2.24, 2.45) is 5.41 Å². The molecule has 0 saturated carbocycles. The molecule has 0 aromatic carbocycles. The van der Waals surface area contributed by atoms with E-state index in [1.54, 1.807) is 18.4 Å². The lowest BCUT2D eigenvalue weighted by atomic mass is 9.73. The molecule has 0 aliphatic carbocycles. The first-order valence-corrected chi connectivity index (χ1v) is 8.78. The minimum absolute atomic E-state index is 0.0308. The van der Waals surface area contributed by atoms with Crippen LogP contribution in [0.5, 0.6) is 0 Å². The van der Waals surface area contributed by atoms with Crippen molar-refractivity contribution >= 4 is 5.91 Å². The van der Waals surface area contributed by atoms with Crippen LogP contribution in [-0.2, 0) is 9.47 Å². The van der Waals surface area contributed by atoms with Crippen LogP contribution in [0.2, 0.25) is 0 Å². The summed E-state index contributed by atoms with van der Waals surface area (Å²) in [4.78, 5) is 16.7. The van der Waals surface area contributed by atoms with Crippen molar-refractivity contribution in [3.8, 4) is 0 Å². The maximum Gasteiger partial charge on any atom is 0.289 e. The first-order chi connectivity index (χ1) is 11.6. The van der Waals surface area contributed by atoms with E-state index in [-0.39, 0.29) is 17.4 Å². The van der Waals surface area contributed by atoms with Crippen molar-refractivity contribution in [2.75, 3.05) is 53.6 Å². The average Bonchev–Trinajstić information content (AvgIpc) is 3.12. The highest BCUT2D eigenvalue weighted by Crippen LogP contribution is 2.40. The molecule has 2 fully saturated rings. The largest absolute Gasteiger partial charge is 0.459 e. The summed E-state index contributed by atoms with van der Waals surface area (Å²) in [6.45, 7) is 4.46. The van der Waals surface area contributed by atoms with Crippen molar-refractivity contribution in [1.82, 2.24) is 9.80 Å². The molecule has 24 heavy (non-hydrogen) atoms. The highest BCUT2D eigenvalue weighted by atomic mass is 16.5. The van der Waals surface area contributed by atoms with Gasteiger partial charge in [-0.05, 0) is 45.5 Å². The summed E-state index contributed by atoms with van der Waals surface area (Å²) >= 11 is 0. The number of amides is 1. The monoisotopic (exact) mass is 336 g/mol. The van der Waals surface area contributed by atoms with E-state index < -0.39 is 0 Å². The van der Waals surface area contributed by atoms with Gasteiger partial charge in [0.05, 0.1) is 25.6 Å². The van der Waals surface area contributed by atoms with Crippen LogP contribution in [0.15, 0.2) is 22.8 Å². The number of ether oxygens (including phenoxy) is 2. The molecule has 6 nitrogen and oxygen atoms in total. The molecule has 1 amide bonds. The molecule has 2 aliphatic rings. The summed E-state index contributed by atoms with van der Waals surface area (Å²) in [6.07, 6.45) is 4.66. The number of carbonyl (C=O) groups is 1. The molecule has 134 valence electrons. The van der Waals surface area contributed by atoms with Crippen LogP contribution in [0.1, 0.15) is 29.8 Å². The Morgan fingerprint density at radius 1 is 1.50 bits per heavy atom. The van der Waals surface area contributed by atoms with Crippen molar-refractivity contribution in [3.63, 3.8) is 0 Å². The Morgan fingerprint density at radius 2 is 2.38 bits per heavy atom. The van der Waals surface area contributed by atoms with Gasteiger partial charge in [-0.1, -0.05) is 0 Å². The predicted octanol–water partition coefficient (Wildman–Crippen LogP) is 1.87. The standard InChI is InChI=1S/C18H28N2O4/c1-19(2)9-12-22-14-18-7-4-11-24-16(18)6-8-20(13-18)17(21)15-5-3-10-23-15/h3,5,10,16H,4,6-9,11-14H2,1-2H3. The summed E-state index contributed by atoms with van der Waals surface area (Å²) in [5.74, 6) is 0.380. The Labute approximate surface area is 143 Å². The van der Waals surface area contributed by atoms with Gasteiger partial charge in [-0.25, -0.2) is 0 Å². The molecule has 0 bridgehead atoms. The third kappa shape index (κ3) is 3.82. The molecule has 1 aromatic rings. The molecule has 2 unspecified atom stereocenters. The zero-order valence-corrected chi connectivity index (χ0v) is 14.7. The number of hydrogen-bond donors (Lipinski definition) is 0. The number of fused-ring (bicyclic) bond motifs is 1. The van der Waals surface area contributed by atoms with Crippen LogP contribution < -0.4 is 0 Å². The number of carbonyl (C=O) groups excluding carboxylic acids is 1. The summed E-state index contributed by atoms with van der Waals surface area (Å²) in [6, 6.07) is 3.48. The van der Waals surface area contributed by atoms with Crippen LogP contribution in [0.25, 0.3) is 0 Å². The van der Waals surface area contributed by atoms with E-state index in [2.05, 4.69) is 4.90 Å². The second kappa shape index (κ2) is 7.68. The highest BCUT2D eigenvalue weighted by molar-refractivity contribution is 5.91. The molecule has 0 N–H and O–H groups in total. The molecule has 2 atom stereocenters. The normalized spacial score (nSPS) is 27.3. The van der Waals surface area contributed by atoms with Crippen LogP contribution in [0.4, 0.5) is 0 Å². The number of likely N-dealkylation sites (N-methyl/N-ethyl adjacent to an activating group) is 1. The fourth-order valence-electron chi connectivity index (χ4n) is 3.75. The molecule has 2 aliphatic heterocycles. The van der Waals surface area contributed by atoms with Gasteiger partial charge in [0.2, 0.25) is 0 Å². The van der Waals surface area contributed by atoms with Gasteiger partial charge in [-0.2, -0.15) is 0 Å². The second-order valence-corrected chi connectivity index (χ2v) is 7.17. The van der Waals surface area contributed by atoms with E-state index in [1.807, 2.05) is 19.0 Å². The van der Waals surface area contributed by atoms with E-state index in [0.717, 1.165) is 32.4 Å². The summed E-state index contributed by atoms with van der Waals surface area (Å²) in [5.41, 5.74) is -0.0922. The molecule has 3 heterocycles. The lowest BCUT2D eigenvalue weighted by Gasteiger charge is -2.50. The van der Waals surface area contributed by atoms with Gasteiger partial charge in [0.25, 0.3) is 5.91 Å². The molecular formula is C18H28N2O4. The van der Waals surface area contributed by atoms with Crippen molar-refractivity contribution < 1.29 is 18.7 Å². The maximum absolute atomic E-state index is 12.6. The van der Waals surface area contributed by atoms with Gasteiger partial charge in [-0.15, -0.1) is 0 Å². The number of piperidine rings is 1. The summed E-state index contributed by atoms with van der Waals surface area (Å²) in [7, 11) is 4.08. The van der Waals surface area contributed by atoms with E-state index in [0.29, 0.717) is 32.1 Å². The Bertz CT molecular complexity index is 531. The third-order valence-corrected chi connectivity index (χ3v) is 5.08. The van der Waals surface area contributed by atoms with E-state index in [1.165, 1.54) is 0 Å². The predicted molar refractivity (Wildman–Crippen MR) is 90.0 cm³/mol. The number of hydrogen-bond acceptors (Lipinski definition) is 5. The van der Waals surface area contributed by atoms with Crippen molar-refractivity contribution in [3.05, 3.63) is 24.2 Å². The van der Waals surface area contributed by atoms with Crippen LogP contribution in [0.3, 0.4) is 0 Å². The zero-order chi connectivity index (χ0) is 17.0. The number of rotatable bonds is 6. The third-order valence-electron chi connectivity index (χ3n) is 5.08. The van der Waals surface area contributed by atoms with Crippen LogP contribution in [-0.4, -0.2) is 75.4 Å². The van der Waals surface area contributed by atoms with E-state index >= 15 is 0 Å². The summed E-state index contributed by atoms with van der Waals surface area (Å²) < 4.78 is 17.3. The quantitative estimate of drug-likeness (QED) is 0.742. The van der Waals surface area contributed by atoms with Gasteiger partial charge < -0.3 is 23.7 Å². The lowest BCUT2D eigenvalue weighted by Crippen LogP contribution is -2.58. The van der Waals surface area contributed by atoms with Gasteiger partial charge >= 0.3 is 0 Å². The smallest absolute Gasteiger partial charge is 0.289 e. The Kier molecular flexibility index (Phi) is 5.58.